The molecule has 1 aromatic rings. The van der Waals surface area contributed by atoms with E-state index in [1.54, 1.807) is 18.2 Å². The molecule has 0 aliphatic carbocycles. The predicted molar refractivity (Wildman–Crippen MR) is 83.7 cm³/mol. The van der Waals surface area contributed by atoms with Gasteiger partial charge in [0.15, 0.2) is 17.3 Å². The molecule has 126 valence electrons. The van der Waals surface area contributed by atoms with Gasteiger partial charge < -0.3 is 14.8 Å². The van der Waals surface area contributed by atoms with Gasteiger partial charge in [-0.05, 0) is 18.2 Å². The van der Waals surface area contributed by atoms with Crippen molar-refractivity contribution in [3.63, 3.8) is 0 Å². The number of sulfone groups is 1. The lowest BCUT2D eigenvalue weighted by atomic mass is 10.1. The number of hydrogen-bond donors (Lipinski definition) is 1. The average Bonchev–Trinajstić information content (AvgIpc) is 2.51. The Morgan fingerprint density at radius 3 is 2.52 bits per heavy atom. The SMILES string of the molecule is CS(=O)(=O)CCNC(=O)CCC(=O)c1ccc2c(c1)OCCO2. The summed E-state index contributed by atoms with van der Waals surface area (Å²) in [6, 6.07) is 4.92. The molecule has 1 aliphatic heterocycles. The second-order valence-electron chi connectivity index (χ2n) is 5.26. The lowest BCUT2D eigenvalue weighted by Gasteiger charge is -2.18. The number of carbonyl (C=O) groups is 2. The Bertz CT molecular complexity index is 698. The largest absolute Gasteiger partial charge is 0.486 e. The van der Waals surface area contributed by atoms with Crippen molar-refractivity contribution in [2.75, 3.05) is 31.8 Å². The van der Waals surface area contributed by atoms with Crippen LogP contribution in [0.25, 0.3) is 0 Å². The summed E-state index contributed by atoms with van der Waals surface area (Å²) in [5.41, 5.74) is 0.457. The fourth-order valence-corrected chi connectivity index (χ4v) is 2.53. The van der Waals surface area contributed by atoms with Crippen molar-refractivity contribution in [3.8, 4) is 11.5 Å². The molecule has 0 spiro atoms. The van der Waals surface area contributed by atoms with Crippen LogP contribution in [-0.4, -0.2) is 51.9 Å². The number of ketones is 1. The Morgan fingerprint density at radius 2 is 1.83 bits per heavy atom. The Kier molecular flexibility index (Phi) is 5.59. The average molecular weight is 341 g/mol. The lowest BCUT2D eigenvalue weighted by Crippen LogP contribution is -2.29. The first-order chi connectivity index (χ1) is 10.8. The summed E-state index contributed by atoms with van der Waals surface area (Å²) >= 11 is 0. The maximum Gasteiger partial charge on any atom is 0.220 e. The molecule has 1 aromatic carbocycles. The highest BCUT2D eigenvalue weighted by Gasteiger charge is 2.15. The van der Waals surface area contributed by atoms with Gasteiger partial charge in [-0.1, -0.05) is 0 Å². The van der Waals surface area contributed by atoms with Crippen LogP contribution in [0.3, 0.4) is 0 Å². The second-order valence-corrected chi connectivity index (χ2v) is 7.52. The molecule has 1 aliphatic rings. The Labute approximate surface area is 134 Å². The van der Waals surface area contributed by atoms with E-state index in [1.807, 2.05) is 0 Å². The Hall–Kier alpha value is -2.09. The third-order valence-corrected chi connectivity index (χ3v) is 4.18. The molecule has 1 heterocycles. The quantitative estimate of drug-likeness (QED) is 0.729. The first-order valence-corrected chi connectivity index (χ1v) is 9.28. The zero-order valence-electron chi connectivity index (χ0n) is 12.8. The summed E-state index contributed by atoms with van der Waals surface area (Å²) in [5, 5.41) is 2.48. The zero-order valence-corrected chi connectivity index (χ0v) is 13.6. The Morgan fingerprint density at radius 1 is 1.13 bits per heavy atom. The van der Waals surface area contributed by atoms with Crippen LogP contribution in [0.5, 0.6) is 11.5 Å². The smallest absolute Gasteiger partial charge is 0.220 e. The topological polar surface area (TPSA) is 98.8 Å². The van der Waals surface area contributed by atoms with Crippen LogP contribution in [-0.2, 0) is 14.6 Å². The van der Waals surface area contributed by atoms with Gasteiger partial charge >= 0.3 is 0 Å². The molecule has 0 fully saturated rings. The van der Waals surface area contributed by atoms with Crippen LogP contribution in [0, 0.1) is 0 Å². The molecule has 0 aromatic heterocycles. The monoisotopic (exact) mass is 341 g/mol. The molecule has 7 nitrogen and oxygen atoms in total. The first kappa shape index (κ1) is 17.3. The summed E-state index contributed by atoms with van der Waals surface area (Å²) < 4.78 is 32.7. The minimum absolute atomic E-state index is 0.0109. The summed E-state index contributed by atoms with van der Waals surface area (Å²) in [6.45, 7) is 0.969. The molecule has 23 heavy (non-hydrogen) atoms. The number of nitrogens with one attached hydrogen (secondary N) is 1. The number of Topliss-reactive ketones (excluding diaryl/α,β-unsaturated/α-hetero) is 1. The molecular formula is C15H19NO6S. The standard InChI is InChI=1S/C15H19NO6S/c1-23(19,20)9-6-16-15(18)5-3-12(17)11-2-4-13-14(10-11)22-8-7-21-13/h2,4,10H,3,5-9H2,1H3,(H,16,18). The molecule has 0 saturated heterocycles. The number of hydrogen-bond acceptors (Lipinski definition) is 6. The molecule has 0 saturated carbocycles. The van der Waals surface area contributed by atoms with Crippen molar-refractivity contribution in [2.45, 2.75) is 12.8 Å². The number of rotatable bonds is 7. The van der Waals surface area contributed by atoms with Gasteiger partial charge in [0.25, 0.3) is 0 Å². The van der Waals surface area contributed by atoms with Gasteiger partial charge in [0.2, 0.25) is 5.91 Å². The Balaban J connectivity index is 1.81. The molecule has 8 heteroatoms. The summed E-state index contributed by atoms with van der Waals surface area (Å²) in [6.07, 6.45) is 1.16. The van der Waals surface area contributed by atoms with Crippen LogP contribution in [0.4, 0.5) is 0 Å². The van der Waals surface area contributed by atoms with Crippen molar-refractivity contribution in [2.24, 2.45) is 0 Å². The van der Waals surface area contributed by atoms with Gasteiger partial charge in [-0.25, -0.2) is 8.42 Å². The molecule has 1 N–H and O–H groups in total. The number of fused-ring (bicyclic) bond motifs is 1. The highest BCUT2D eigenvalue weighted by atomic mass is 32.2. The molecule has 0 unspecified atom stereocenters. The van der Waals surface area contributed by atoms with E-state index in [0.29, 0.717) is 30.3 Å². The minimum Gasteiger partial charge on any atom is -0.486 e. The highest BCUT2D eigenvalue weighted by Crippen LogP contribution is 2.31. The van der Waals surface area contributed by atoms with Crippen LogP contribution in [0.15, 0.2) is 18.2 Å². The van der Waals surface area contributed by atoms with Crippen molar-refractivity contribution in [3.05, 3.63) is 23.8 Å². The zero-order chi connectivity index (χ0) is 16.9. The number of carbonyl (C=O) groups excluding carboxylic acids is 2. The van der Waals surface area contributed by atoms with E-state index in [4.69, 9.17) is 9.47 Å². The van der Waals surface area contributed by atoms with Gasteiger partial charge in [-0.15, -0.1) is 0 Å². The molecule has 0 radical (unpaired) electrons. The normalized spacial score (nSPS) is 13.4. The van der Waals surface area contributed by atoms with Crippen LogP contribution < -0.4 is 14.8 Å². The van der Waals surface area contributed by atoms with E-state index in [1.165, 1.54) is 0 Å². The third-order valence-electron chi connectivity index (χ3n) is 3.24. The van der Waals surface area contributed by atoms with Crippen molar-refractivity contribution in [1.29, 1.82) is 0 Å². The van der Waals surface area contributed by atoms with Gasteiger partial charge in [0.1, 0.15) is 23.1 Å². The van der Waals surface area contributed by atoms with E-state index in [2.05, 4.69) is 5.32 Å². The fraction of sp³-hybridized carbons (Fsp3) is 0.467. The van der Waals surface area contributed by atoms with Crippen molar-refractivity contribution >= 4 is 21.5 Å². The van der Waals surface area contributed by atoms with Crippen molar-refractivity contribution < 1.29 is 27.5 Å². The van der Waals surface area contributed by atoms with Gasteiger partial charge in [-0.2, -0.15) is 0 Å². The minimum atomic E-state index is -3.11. The van der Waals surface area contributed by atoms with Gasteiger partial charge in [0.05, 0.1) is 5.75 Å². The molecule has 1 amide bonds. The summed E-state index contributed by atoms with van der Waals surface area (Å²) in [7, 11) is -3.11. The van der Waals surface area contributed by atoms with Crippen LogP contribution >= 0.6 is 0 Å². The summed E-state index contributed by atoms with van der Waals surface area (Å²) in [5.74, 6) is 0.486. The molecule has 0 bridgehead atoms. The van der Waals surface area contributed by atoms with Crippen molar-refractivity contribution in [1.82, 2.24) is 5.32 Å². The van der Waals surface area contributed by atoms with Crippen LogP contribution in [0.2, 0.25) is 0 Å². The predicted octanol–water partition coefficient (Wildman–Crippen LogP) is 0.581. The molecule has 0 atom stereocenters. The maximum absolute atomic E-state index is 12.1. The first-order valence-electron chi connectivity index (χ1n) is 7.22. The van der Waals surface area contributed by atoms with Gasteiger partial charge in [0, 0.05) is 31.2 Å². The number of benzene rings is 1. The fourth-order valence-electron chi connectivity index (χ4n) is 2.05. The van der Waals surface area contributed by atoms with E-state index in [0.717, 1.165) is 6.26 Å². The van der Waals surface area contributed by atoms with E-state index >= 15 is 0 Å². The highest BCUT2D eigenvalue weighted by molar-refractivity contribution is 7.90. The molecule has 2 rings (SSSR count). The molecular weight excluding hydrogens is 322 g/mol. The lowest BCUT2D eigenvalue weighted by molar-refractivity contribution is -0.120. The van der Waals surface area contributed by atoms with Gasteiger partial charge in [-0.3, -0.25) is 9.59 Å². The second kappa shape index (κ2) is 7.45. The maximum atomic E-state index is 12.1. The van der Waals surface area contributed by atoms with Crippen LogP contribution in [0.1, 0.15) is 23.2 Å². The van der Waals surface area contributed by atoms with E-state index in [-0.39, 0.29) is 36.8 Å². The van der Waals surface area contributed by atoms with E-state index < -0.39 is 9.84 Å². The number of amides is 1. The van der Waals surface area contributed by atoms with E-state index in [9.17, 15) is 18.0 Å². The third kappa shape index (κ3) is 5.55. The summed E-state index contributed by atoms with van der Waals surface area (Å²) in [4.78, 5) is 23.7. The number of ether oxygens (including phenoxy) is 2.